The molecule has 2 aromatic heterocycles. The van der Waals surface area contributed by atoms with E-state index < -0.39 is 0 Å². The van der Waals surface area contributed by atoms with E-state index in [2.05, 4.69) is 31.1 Å². The molecule has 2 aromatic rings. The average molecular weight is 152 g/mol. The van der Waals surface area contributed by atoms with Crippen LogP contribution in [0.4, 0.5) is 0 Å². The van der Waals surface area contributed by atoms with Crippen LogP contribution in [0.3, 0.4) is 0 Å². The maximum atomic E-state index is 3.75. The Morgan fingerprint density at radius 2 is 2.50 bits per heavy atom. The van der Waals surface area contributed by atoms with Crippen molar-refractivity contribution in [2.45, 2.75) is 0 Å². The van der Waals surface area contributed by atoms with Crippen LogP contribution in [0.15, 0.2) is 6.20 Å². The third-order valence-electron chi connectivity index (χ3n) is 0.960. The molecule has 0 fully saturated rings. The van der Waals surface area contributed by atoms with E-state index in [0.29, 0.717) is 5.69 Å². The maximum absolute atomic E-state index is 3.75. The molecular weight excluding hydrogens is 150 g/mol. The zero-order valence-electron chi connectivity index (χ0n) is 4.77. The van der Waals surface area contributed by atoms with E-state index in [1.54, 1.807) is 6.20 Å². The summed E-state index contributed by atoms with van der Waals surface area (Å²) in [5, 5.41) is 17.9. The molecule has 6 heteroatoms. The van der Waals surface area contributed by atoms with Crippen LogP contribution in [0.1, 0.15) is 0 Å². The summed E-state index contributed by atoms with van der Waals surface area (Å²) in [7, 11) is 0. The zero-order chi connectivity index (χ0) is 6.81. The van der Waals surface area contributed by atoms with Gasteiger partial charge in [0.15, 0.2) is 10.5 Å². The topological polar surface area (TPSA) is 67.3 Å². The minimum atomic E-state index is 0.707. The summed E-state index contributed by atoms with van der Waals surface area (Å²) >= 11 is 1.31. The molecule has 1 radical (unpaired) electrons. The fraction of sp³-hybridized carbons (Fsp3) is 0. The van der Waals surface area contributed by atoms with Crippen molar-refractivity contribution in [2.75, 3.05) is 0 Å². The van der Waals surface area contributed by atoms with Gasteiger partial charge in [0.25, 0.3) is 0 Å². The van der Waals surface area contributed by atoms with Crippen LogP contribution in [0, 0.1) is 5.51 Å². The number of aromatic nitrogens is 5. The highest BCUT2D eigenvalue weighted by molar-refractivity contribution is 7.12. The molecule has 49 valence electrons. The third kappa shape index (κ3) is 0.781. The van der Waals surface area contributed by atoms with E-state index in [1.807, 2.05) is 0 Å². The normalized spacial score (nSPS) is 10.0. The van der Waals surface area contributed by atoms with Gasteiger partial charge in [-0.1, -0.05) is 16.6 Å². The van der Waals surface area contributed by atoms with Gasteiger partial charge in [-0.25, -0.2) is 0 Å². The first-order valence-electron chi connectivity index (χ1n) is 2.53. The van der Waals surface area contributed by atoms with Crippen LogP contribution in [-0.4, -0.2) is 25.6 Å². The monoisotopic (exact) mass is 152 g/mol. The van der Waals surface area contributed by atoms with E-state index in [0.717, 1.165) is 5.01 Å². The summed E-state index contributed by atoms with van der Waals surface area (Å²) in [5.41, 5.74) is 3.32. The molecule has 5 nitrogen and oxygen atoms in total. The van der Waals surface area contributed by atoms with E-state index in [4.69, 9.17) is 0 Å². The van der Waals surface area contributed by atoms with E-state index in [9.17, 15) is 0 Å². The lowest BCUT2D eigenvalue weighted by Gasteiger charge is -1.77. The highest BCUT2D eigenvalue weighted by atomic mass is 32.1. The molecule has 2 rings (SSSR count). The Bertz CT molecular complexity index is 253. The lowest BCUT2D eigenvalue weighted by atomic mass is 10.5. The molecule has 0 saturated carbocycles. The van der Waals surface area contributed by atoms with Gasteiger partial charge in [-0.05, 0) is 0 Å². The van der Waals surface area contributed by atoms with Crippen molar-refractivity contribution in [3.05, 3.63) is 11.7 Å². The van der Waals surface area contributed by atoms with Gasteiger partial charge in [-0.2, -0.15) is 0 Å². The third-order valence-corrected chi connectivity index (χ3v) is 1.62. The van der Waals surface area contributed by atoms with Crippen LogP contribution < -0.4 is 0 Å². The SMILES string of the molecule is [c]1nnc(-c2c[nH]nn2)s1. The van der Waals surface area contributed by atoms with Crippen LogP contribution in [0.2, 0.25) is 0 Å². The summed E-state index contributed by atoms with van der Waals surface area (Å²) < 4.78 is 0. The van der Waals surface area contributed by atoms with Crippen molar-refractivity contribution in [3.63, 3.8) is 0 Å². The second-order valence-electron chi connectivity index (χ2n) is 1.56. The number of rotatable bonds is 1. The van der Waals surface area contributed by atoms with Gasteiger partial charge in [0.05, 0.1) is 6.20 Å². The van der Waals surface area contributed by atoms with Crippen LogP contribution in [0.25, 0.3) is 10.7 Å². The average Bonchev–Trinajstić information content (AvgIpc) is 2.59. The van der Waals surface area contributed by atoms with Crippen molar-refractivity contribution in [2.24, 2.45) is 0 Å². The first-order chi connectivity index (χ1) is 4.97. The minimum Gasteiger partial charge on any atom is -0.265 e. The molecule has 0 amide bonds. The fourth-order valence-electron chi connectivity index (χ4n) is 0.560. The number of hydrogen-bond acceptors (Lipinski definition) is 5. The Labute approximate surface area is 60.1 Å². The number of hydrogen-bond donors (Lipinski definition) is 1. The van der Waals surface area contributed by atoms with Gasteiger partial charge in [0.1, 0.15) is 5.69 Å². The summed E-state index contributed by atoms with van der Waals surface area (Å²) in [6.45, 7) is 0. The first-order valence-corrected chi connectivity index (χ1v) is 3.35. The van der Waals surface area contributed by atoms with Gasteiger partial charge in [-0.3, -0.25) is 5.10 Å². The molecule has 0 aromatic carbocycles. The second-order valence-corrected chi connectivity index (χ2v) is 2.33. The molecule has 0 saturated heterocycles. The Balaban J connectivity index is 2.48. The Kier molecular flexibility index (Phi) is 1.17. The van der Waals surface area contributed by atoms with Gasteiger partial charge in [-0.15, -0.1) is 15.3 Å². The highest BCUT2D eigenvalue weighted by Crippen LogP contribution is 2.14. The minimum absolute atomic E-state index is 0.707. The van der Waals surface area contributed by atoms with Crippen molar-refractivity contribution in [3.8, 4) is 10.7 Å². The molecular formula is C4H2N5S. The van der Waals surface area contributed by atoms with Crippen molar-refractivity contribution < 1.29 is 0 Å². The van der Waals surface area contributed by atoms with Crippen LogP contribution in [0.5, 0.6) is 0 Å². The zero-order valence-corrected chi connectivity index (χ0v) is 5.59. The molecule has 0 unspecified atom stereocenters. The molecule has 0 aliphatic heterocycles. The molecule has 0 atom stereocenters. The van der Waals surface area contributed by atoms with E-state index in [1.165, 1.54) is 11.3 Å². The summed E-state index contributed by atoms with van der Waals surface area (Å²) in [4.78, 5) is 0. The Hall–Kier alpha value is -1.30. The summed E-state index contributed by atoms with van der Waals surface area (Å²) in [6.07, 6.45) is 1.66. The smallest absolute Gasteiger partial charge is 0.178 e. The molecule has 2 heterocycles. The molecule has 0 spiro atoms. The second kappa shape index (κ2) is 2.14. The number of H-pyrrole nitrogens is 1. The molecule has 0 bridgehead atoms. The standard InChI is InChI=1S/C4H2N5S/c1-3(7-9-5-1)4-8-6-2-10-4/h1H,(H,5,7,9). The highest BCUT2D eigenvalue weighted by Gasteiger charge is 2.02. The number of aromatic amines is 1. The van der Waals surface area contributed by atoms with Crippen molar-refractivity contribution >= 4 is 11.3 Å². The quantitative estimate of drug-likeness (QED) is 0.630. The van der Waals surface area contributed by atoms with Crippen molar-refractivity contribution in [1.29, 1.82) is 0 Å². The maximum Gasteiger partial charge on any atom is 0.178 e. The van der Waals surface area contributed by atoms with Gasteiger partial charge >= 0.3 is 0 Å². The van der Waals surface area contributed by atoms with Crippen molar-refractivity contribution in [1.82, 2.24) is 25.6 Å². The largest absolute Gasteiger partial charge is 0.265 e. The van der Waals surface area contributed by atoms with E-state index >= 15 is 0 Å². The molecule has 0 aliphatic carbocycles. The molecule has 1 N–H and O–H groups in total. The van der Waals surface area contributed by atoms with Gasteiger partial charge in [0.2, 0.25) is 0 Å². The lowest BCUT2D eigenvalue weighted by molar-refractivity contribution is 0.940. The van der Waals surface area contributed by atoms with E-state index in [-0.39, 0.29) is 0 Å². The van der Waals surface area contributed by atoms with Crippen LogP contribution >= 0.6 is 11.3 Å². The van der Waals surface area contributed by atoms with Gasteiger partial charge < -0.3 is 0 Å². The molecule has 10 heavy (non-hydrogen) atoms. The number of nitrogens with one attached hydrogen (secondary N) is 1. The molecule has 0 aliphatic rings. The Morgan fingerprint density at radius 3 is 3.10 bits per heavy atom. The summed E-state index contributed by atoms with van der Waals surface area (Å²) in [6, 6.07) is 0. The predicted molar refractivity (Wildman–Crippen MR) is 34.1 cm³/mol. The first kappa shape index (κ1) is 5.48. The number of nitrogens with zero attached hydrogens (tertiary/aromatic N) is 4. The van der Waals surface area contributed by atoms with Crippen LogP contribution in [-0.2, 0) is 0 Å². The predicted octanol–water partition coefficient (Wildman–Crippen LogP) is 0.123. The summed E-state index contributed by atoms with van der Waals surface area (Å²) in [5.74, 6) is 0. The lowest BCUT2D eigenvalue weighted by Crippen LogP contribution is -1.75. The van der Waals surface area contributed by atoms with Gasteiger partial charge in [0, 0.05) is 0 Å². The fourth-order valence-corrected chi connectivity index (χ4v) is 1.01. The Morgan fingerprint density at radius 1 is 1.50 bits per heavy atom.